The highest BCUT2D eigenvalue weighted by Gasteiger charge is 2.22. The van der Waals surface area contributed by atoms with Crippen molar-refractivity contribution in [3.05, 3.63) is 64.7 Å². The Morgan fingerprint density at radius 1 is 1.00 bits per heavy atom. The van der Waals surface area contributed by atoms with Crippen molar-refractivity contribution in [3.63, 3.8) is 0 Å². The van der Waals surface area contributed by atoms with Crippen LogP contribution in [-0.2, 0) is 24.0 Å². The second kappa shape index (κ2) is 10.7. The van der Waals surface area contributed by atoms with Crippen LogP contribution in [0.5, 0.6) is 5.75 Å². The van der Waals surface area contributed by atoms with Crippen LogP contribution in [0.2, 0.25) is 0 Å². The zero-order valence-electron chi connectivity index (χ0n) is 19.7. The summed E-state index contributed by atoms with van der Waals surface area (Å²) in [5.41, 5.74) is 5.05. The van der Waals surface area contributed by atoms with E-state index in [1.54, 1.807) is 0 Å². The number of fused-ring (bicyclic) bond motifs is 1. The van der Waals surface area contributed by atoms with Gasteiger partial charge in [0.1, 0.15) is 12.4 Å². The van der Waals surface area contributed by atoms with Gasteiger partial charge in [-0.05, 0) is 91.8 Å². The minimum Gasteiger partial charge on any atom is -0.491 e. The molecule has 0 unspecified atom stereocenters. The standard InChI is InChI=1S/C29H37NO3/c31-29(23-12-15-27(16-13-23)33-20-28-8-3-17-32-28)30-26-14-11-24-18-22(9-10-25(24)19-26)7-2-6-21-4-1-5-21/h9-10,12-13,15-16,18,21,26,28H,1-8,11,14,17,19-20H2,(H,30,31)/t26-,28-/m0/s1. The second-order valence-electron chi connectivity index (χ2n) is 10.2. The van der Waals surface area contributed by atoms with Gasteiger partial charge in [0.15, 0.2) is 0 Å². The van der Waals surface area contributed by atoms with Crippen LogP contribution in [0.3, 0.4) is 0 Å². The van der Waals surface area contributed by atoms with Gasteiger partial charge in [0.05, 0.1) is 6.10 Å². The van der Waals surface area contributed by atoms with Crippen molar-refractivity contribution in [2.24, 2.45) is 5.92 Å². The molecule has 0 bridgehead atoms. The molecule has 4 nitrogen and oxygen atoms in total. The van der Waals surface area contributed by atoms with E-state index in [0.717, 1.165) is 50.4 Å². The normalized spacial score (nSPS) is 22.4. The van der Waals surface area contributed by atoms with Crippen molar-refractivity contribution in [2.45, 2.75) is 82.8 Å². The average molecular weight is 448 g/mol. The molecule has 1 aliphatic heterocycles. The minimum absolute atomic E-state index is 0.00161. The van der Waals surface area contributed by atoms with E-state index in [2.05, 4.69) is 23.5 Å². The molecule has 33 heavy (non-hydrogen) atoms. The predicted molar refractivity (Wildman–Crippen MR) is 131 cm³/mol. The van der Waals surface area contributed by atoms with Gasteiger partial charge in [0.25, 0.3) is 5.91 Å². The Kier molecular flexibility index (Phi) is 7.30. The molecule has 0 aromatic heterocycles. The van der Waals surface area contributed by atoms with Crippen LogP contribution in [0.4, 0.5) is 0 Å². The van der Waals surface area contributed by atoms with Gasteiger partial charge in [-0.1, -0.05) is 43.9 Å². The van der Waals surface area contributed by atoms with Crippen LogP contribution in [0.15, 0.2) is 42.5 Å². The fourth-order valence-corrected chi connectivity index (χ4v) is 5.40. The number of carbonyl (C=O) groups is 1. The highest BCUT2D eigenvalue weighted by atomic mass is 16.5. The lowest BCUT2D eigenvalue weighted by Crippen LogP contribution is -2.38. The smallest absolute Gasteiger partial charge is 0.251 e. The molecule has 1 amide bonds. The number of amides is 1. The first-order valence-corrected chi connectivity index (χ1v) is 13.0. The van der Waals surface area contributed by atoms with E-state index >= 15 is 0 Å². The maximum absolute atomic E-state index is 12.8. The van der Waals surface area contributed by atoms with E-state index in [0.29, 0.717) is 12.2 Å². The number of carbonyl (C=O) groups excluding carboxylic acids is 1. The number of nitrogens with one attached hydrogen (secondary N) is 1. The van der Waals surface area contributed by atoms with Crippen molar-refractivity contribution in [3.8, 4) is 5.75 Å². The van der Waals surface area contributed by atoms with Gasteiger partial charge < -0.3 is 14.8 Å². The lowest BCUT2D eigenvalue weighted by Gasteiger charge is -2.27. The summed E-state index contributed by atoms with van der Waals surface area (Å²) in [6, 6.07) is 14.7. The minimum atomic E-state index is 0.00161. The molecule has 4 heteroatoms. The van der Waals surface area contributed by atoms with E-state index in [1.165, 1.54) is 55.2 Å². The number of benzene rings is 2. The summed E-state index contributed by atoms with van der Waals surface area (Å²) in [4.78, 5) is 12.8. The summed E-state index contributed by atoms with van der Waals surface area (Å²) in [6.45, 7) is 1.41. The third kappa shape index (κ3) is 5.97. The summed E-state index contributed by atoms with van der Waals surface area (Å²) in [6.07, 6.45) is 13.6. The summed E-state index contributed by atoms with van der Waals surface area (Å²) in [5, 5.41) is 3.25. The Morgan fingerprint density at radius 3 is 2.64 bits per heavy atom. The van der Waals surface area contributed by atoms with Crippen LogP contribution in [-0.4, -0.2) is 31.3 Å². The number of hydrogen-bond acceptors (Lipinski definition) is 3. The molecule has 2 aromatic rings. The zero-order valence-corrected chi connectivity index (χ0v) is 19.7. The van der Waals surface area contributed by atoms with Gasteiger partial charge in [0.2, 0.25) is 0 Å². The molecule has 2 aliphatic carbocycles. The molecule has 2 aromatic carbocycles. The van der Waals surface area contributed by atoms with E-state index in [-0.39, 0.29) is 18.1 Å². The largest absolute Gasteiger partial charge is 0.491 e. The molecule has 176 valence electrons. The van der Waals surface area contributed by atoms with Crippen LogP contribution in [0.25, 0.3) is 0 Å². The van der Waals surface area contributed by atoms with E-state index in [9.17, 15) is 4.79 Å². The fraction of sp³-hybridized carbons (Fsp3) is 0.552. The van der Waals surface area contributed by atoms with Gasteiger partial charge in [-0.25, -0.2) is 0 Å². The maximum Gasteiger partial charge on any atom is 0.251 e. The molecule has 1 saturated carbocycles. The lowest BCUT2D eigenvalue weighted by molar-refractivity contribution is 0.0679. The van der Waals surface area contributed by atoms with Gasteiger partial charge in [-0.3, -0.25) is 4.79 Å². The molecular weight excluding hydrogens is 410 g/mol. The molecule has 2 fully saturated rings. The summed E-state index contributed by atoms with van der Waals surface area (Å²) < 4.78 is 11.4. The SMILES string of the molecule is O=C(N[C@H]1CCc2cc(CCCC3CCC3)ccc2C1)c1ccc(OC[C@@H]2CCCO2)cc1. The summed E-state index contributed by atoms with van der Waals surface area (Å²) in [7, 11) is 0. The fourth-order valence-electron chi connectivity index (χ4n) is 5.40. The van der Waals surface area contributed by atoms with Gasteiger partial charge in [0, 0.05) is 18.2 Å². The summed E-state index contributed by atoms with van der Waals surface area (Å²) in [5.74, 6) is 1.79. The highest BCUT2D eigenvalue weighted by molar-refractivity contribution is 5.94. The Labute approximate surface area is 198 Å². The Balaban J connectivity index is 1.09. The van der Waals surface area contributed by atoms with E-state index < -0.39 is 0 Å². The van der Waals surface area contributed by atoms with Crippen LogP contribution in [0, 0.1) is 5.92 Å². The molecule has 0 spiro atoms. The van der Waals surface area contributed by atoms with E-state index in [1.807, 2.05) is 24.3 Å². The molecule has 1 N–H and O–H groups in total. The van der Waals surface area contributed by atoms with Gasteiger partial charge in [-0.2, -0.15) is 0 Å². The Morgan fingerprint density at radius 2 is 1.88 bits per heavy atom. The molecule has 2 atom stereocenters. The van der Waals surface area contributed by atoms with E-state index in [4.69, 9.17) is 9.47 Å². The van der Waals surface area contributed by atoms with Crippen LogP contribution in [0.1, 0.15) is 78.4 Å². The number of hydrogen-bond donors (Lipinski definition) is 1. The first-order valence-electron chi connectivity index (χ1n) is 13.0. The maximum atomic E-state index is 12.8. The topological polar surface area (TPSA) is 47.6 Å². The average Bonchev–Trinajstić information content (AvgIpc) is 3.33. The van der Waals surface area contributed by atoms with Crippen molar-refractivity contribution in [1.29, 1.82) is 0 Å². The number of ether oxygens (including phenoxy) is 2. The molecule has 1 heterocycles. The highest BCUT2D eigenvalue weighted by Crippen LogP contribution is 2.31. The van der Waals surface area contributed by atoms with Crippen LogP contribution < -0.4 is 10.1 Å². The van der Waals surface area contributed by atoms with Crippen molar-refractivity contribution >= 4 is 5.91 Å². The monoisotopic (exact) mass is 447 g/mol. The second-order valence-corrected chi connectivity index (χ2v) is 10.2. The third-order valence-corrected chi connectivity index (χ3v) is 7.71. The molecule has 3 aliphatic rings. The number of aryl methyl sites for hydroxylation is 2. The first kappa shape index (κ1) is 22.5. The molecule has 5 rings (SSSR count). The van der Waals surface area contributed by atoms with Crippen molar-refractivity contribution in [1.82, 2.24) is 5.32 Å². The zero-order chi connectivity index (χ0) is 22.5. The Hall–Kier alpha value is -2.33. The predicted octanol–water partition coefficient (Wildman–Crippen LogP) is 5.65. The van der Waals surface area contributed by atoms with Gasteiger partial charge >= 0.3 is 0 Å². The van der Waals surface area contributed by atoms with Crippen molar-refractivity contribution in [2.75, 3.05) is 13.2 Å². The molecule has 1 saturated heterocycles. The quantitative estimate of drug-likeness (QED) is 0.540. The molecule has 0 radical (unpaired) electrons. The number of rotatable bonds is 9. The van der Waals surface area contributed by atoms with Gasteiger partial charge in [-0.15, -0.1) is 0 Å². The molecular formula is C29H37NO3. The first-order chi connectivity index (χ1) is 16.2. The Bertz CT molecular complexity index is 928. The third-order valence-electron chi connectivity index (χ3n) is 7.71. The van der Waals surface area contributed by atoms with Crippen LogP contribution >= 0.6 is 0 Å². The summed E-state index contributed by atoms with van der Waals surface area (Å²) >= 11 is 0. The lowest BCUT2D eigenvalue weighted by atomic mass is 9.81. The van der Waals surface area contributed by atoms with Crippen molar-refractivity contribution < 1.29 is 14.3 Å².